The second kappa shape index (κ2) is 7.90. The minimum atomic E-state index is -0.0452. The molecule has 0 spiro atoms. The average Bonchev–Trinajstić information content (AvgIpc) is 2.64. The highest BCUT2D eigenvalue weighted by molar-refractivity contribution is 5.94. The highest BCUT2D eigenvalue weighted by Crippen LogP contribution is 2.26. The number of amides is 1. The molecule has 132 valence electrons. The predicted octanol–water partition coefficient (Wildman–Crippen LogP) is 2.04. The fourth-order valence-corrected chi connectivity index (χ4v) is 3.01. The van der Waals surface area contributed by atoms with Gasteiger partial charge >= 0.3 is 0 Å². The van der Waals surface area contributed by atoms with Crippen molar-refractivity contribution < 1.29 is 9.53 Å². The molecule has 2 aromatic carbocycles. The van der Waals surface area contributed by atoms with Crippen molar-refractivity contribution in [3.05, 3.63) is 48.5 Å². The number of ether oxygens (including phenoxy) is 1. The number of anilines is 3. The van der Waals surface area contributed by atoms with Gasteiger partial charge in [-0.1, -0.05) is 18.2 Å². The molecule has 6 heteroatoms. The Morgan fingerprint density at radius 2 is 1.84 bits per heavy atom. The molecule has 3 rings (SSSR count). The van der Waals surface area contributed by atoms with Crippen molar-refractivity contribution in [2.24, 2.45) is 0 Å². The van der Waals surface area contributed by atoms with Crippen molar-refractivity contribution in [2.75, 3.05) is 55.8 Å². The monoisotopic (exact) mass is 340 g/mol. The first-order valence-corrected chi connectivity index (χ1v) is 8.41. The molecular weight excluding hydrogens is 316 g/mol. The van der Waals surface area contributed by atoms with Gasteiger partial charge in [0.2, 0.25) is 5.91 Å². The second-order valence-corrected chi connectivity index (χ2v) is 6.11. The zero-order valence-electron chi connectivity index (χ0n) is 14.4. The number of nitrogens with zero attached hydrogens (tertiary/aromatic N) is 2. The number of hydrogen-bond acceptors (Lipinski definition) is 5. The average molecular weight is 340 g/mol. The number of carbonyl (C=O) groups excluding carboxylic acids is 1. The van der Waals surface area contributed by atoms with Crippen LogP contribution in [0.1, 0.15) is 0 Å². The lowest BCUT2D eigenvalue weighted by Crippen LogP contribution is -2.48. The molecule has 1 heterocycles. The van der Waals surface area contributed by atoms with E-state index in [2.05, 4.69) is 39.4 Å². The van der Waals surface area contributed by atoms with E-state index in [1.807, 2.05) is 6.07 Å². The van der Waals surface area contributed by atoms with Crippen LogP contribution in [-0.2, 0) is 4.79 Å². The summed E-state index contributed by atoms with van der Waals surface area (Å²) < 4.78 is 5.27. The molecule has 6 nitrogen and oxygen atoms in total. The Kier molecular flexibility index (Phi) is 5.40. The number of carbonyl (C=O) groups is 1. The Morgan fingerprint density at radius 1 is 1.12 bits per heavy atom. The Morgan fingerprint density at radius 3 is 2.52 bits per heavy atom. The van der Waals surface area contributed by atoms with E-state index < -0.39 is 0 Å². The lowest BCUT2D eigenvalue weighted by Gasteiger charge is -2.35. The van der Waals surface area contributed by atoms with Crippen molar-refractivity contribution in [2.45, 2.75) is 0 Å². The van der Waals surface area contributed by atoms with Gasteiger partial charge in [-0.3, -0.25) is 9.69 Å². The van der Waals surface area contributed by atoms with Crippen molar-refractivity contribution in [1.29, 1.82) is 0 Å². The fourth-order valence-electron chi connectivity index (χ4n) is 3.01. The van der Waals surface area contributed by atoms with Crippen LogP contribution in [0.15, 0.2) is 48.5 Å². The molecule has 0 aliphatic carbocycles. The Bertz CT molecular complexity index is 713. The van der Waals surface area contributed by atoms with Crippen LogP contribution >= 0.6 is 0 Å². The highest BCUT2D eigenvalue weighted by atomic mass is 16.5. The summed E-state index contributed by atoms with van der Waals surface area (Å²) in [6, 6.07) is 15.6. The van der Waals surface area contributed by atoms with Gasteiger partial charge in [-0.2, -0.15) is 0 Å². The minimum absolute atomic E-state index is 0.0452. The summed E-state index contributed by atoms with van der Waals surface area (Å²) in [6.45, 7) is 3.93. The maximum Gasteiger partial charge on any atom is 0.238 e. The van der Waals surface area contributed by atoms with E-state index in [-0.39, 0.29) is 5.91 Å². The summed E-state index contributed by atoms with van der Waals surface area (Å²) in [6.07, 6.45) is 0. The van der Waals surface area contributed by atoms with E-state index in [0.29, 0.717) is 23.7 Å². The number of hydrogen-bond donors (Lipinski definition) is 2. The van der Waals surface area contributed by atoms with E-state index in [4.69, 9.17) is 10.5 Å². The molecule has 0 atom stereocenters. The normalized spacial score (nSPS) is 15.0. The lowest BCUT2D eigenvalue weighted by molar-refractivity contribution is -0.117. The number of nitrogens with one attached hydrogen (secondary N) is 1. The van der Waals surface area contributed by atoms with E-state index in [1.165, 1.54) is 5.69 Å². The van der Waals surface area contributed by atoms with E-state index >= 15 is 0 Å². The first-order valence-electron chi connectivity index (χ1n) is 8.41. The third-order valence-corrected chi connectivity index (χ3v) is 4.36. The van der Waals surface area contributed by atoms with Gasteiger partial charge in [-0.15, -0.1) is 0 Å². The van der Waals surface area contributed by atoms with Crippen LogP contribution in [-0.4, -0.2) is 50.6 Å². The number of rotatable bonds is 5. The standard InChI is InChI=1S/C19H24N4O2/c1-25-18-13-15(20)7-8-17(18)21-19(24)14-22-9-11-23(12-10-22)16-5-3-2-4-6-16/h2-8,13H,9-12,14,20H2,1H3,(H,21,24). The highest BCUT2D eigenvalue weighted by Gasteiger charge is 2.19. The third kappa shape index (κ3) is 4.42. The van der Waals surface area contributed by atoms with Crippen molar-refractivity contribution in [3.8, 4) is 5.75 Å². The molecule has 1 amide bonds. The van der Waals surface area contributed by atoms with Gasteiger partial charge in [-0.25, -0.2) is 0 Å². The van der Waals surface area contributed by atoms with Gasteiger partial charge in [-0.05, 0) is 24.3 Å². The molecule has 1 fully saturated rings. The van der Waals surface area contributed by atoms with E-state index in [0.717, 1.165) is 26.2 Å². The van der Waals surface area contributed by atoms with Gasteiger partial charge in [0.05, 0.1) is 19.3 Å². The fraction of sp³-hybridized carbons (Fsp3) is 0.316. The number of nitrogen functional groups attached to an aromatic ring is 1. The molecular formula is C19H24N4O2. The number of benzene rings is 2. The molecule has 1 aliphatic rings. The SMILES string of the molecule is COc1cc(N)ccc1NC(=O)CN1CCN(c2ccccc2)CC1. The third-order valence-electron chi connectivity index (χ3n) is 4.36. The Hall–Kier alpha value is -2.73. The molecule has 0 bridgehead atoms. The van der Waals surface area contributed by atoms with Crippen LogP contribution in [0.25, 0.3) is 0 Å². The topological polar surface area (TPSA) is 70.8 Å². The van der Waals surface area contributed by atoms with Crippen LogP contribution in [0, 0.1) is 0 Å². The number of piperazine rings is 1. The van der Waals surface area contributed by atoms with Crippen LogP contribution in [0.2, 0.25) is 0 Å². The van der Waals surface area contributed by atoms with Crippen molar-refractivity contribution in [1.82, 2.24) is 4.90 Å². The second-order valence-electron chi connectivity index (χ2n) is 6.11. The first kappa shape index (κ1) is 17.1. The summed E-state index contributed by atoms with van der Waals surface area (Å²) >= 11 is 0. The molecule has 1 saturated heterocycles. The van der Waals surface area contributed by atoms with Gasteiger partial charge in [0.15, 0.2) is 0 Å². The van der Waals surface area contributed by atoms with Crippen molar-refractivity contribution in [3.63, 3.8) is 0 Å². The maximum absolute atomic E-state index is 12.3. The zero-order chi connectivity index (χ0) is 17.6. The maximum atomic E-state index is 12.3. The summed E-state index contributed by atoms with van der Waals surface area (Å²) in [7, 11) is 1.56. The van der Waals surface area contributed by atoms with Crippen molar-refractivity contribution >= 4 is 23.0 Å². The minimum Gasteiger partial charge on any atom is -0.494 e. The van der Waals surface area contributed by atoms with Gasteiger partial charge < -0.3 is 20.7 Å². The molecule has 2 aromatic rings. The Balaban J connectivity index is 1.51. The smallest absolute Gasteiger partial charge is 0.238 e. The molecule has 0 aromatic heterocycles. The number of nitrogens with two attached hydrogens (primary N) is 1. The number of para-hydroxylation sites is 1. The zero-order valence-corrected chi connectivity index (χ0v) is 14.4. The van der Waals surface area contributed by atoms with Gasteiger partial charge in [0.25, 0.3) is 0 Å². The molecule has 25 heavy (non-hydrogen) atoms. The molecule has 3 N–H and O–H groups in total. The van der Waals surface area contributed by atoms with Gasteiger partial charge in [0, 0.05) is 43.6 Å². The van der Waals surface area contributed by atoms with Gasteiger partial charge in [0.1, 0.15) is 5.75 Å². The lowest BCUT2D eigenvalue weighted by atomic mass is 10.2. The number of methoxy groups -OCH3 is 1. The van der Waals surface area contributed by atoms with Crippen LogP contribution in [0.4, 0.5) is 17.1 Å². The molecule has 0 saturated carbocycles. The summed E-state index contributed by atoms with van der Waals surface area (Å²) in [4.78, 5) is 16.8. The quantitative estimate of drug-likeness (QED) is 0.815. The summed E-state index contributed by atoms with van der Waals surface area (Å²) in [5, 5.41) is 2.90. The molecule has 0 radical (unpaired) electrons. The summed E-state index contributed by atoms with van der Waals surface area (Å²) in [5.41, 5.74) is 8.22. The first-order chi connectivity index (χ1) is 12.2. The van der Waals surface area contributed by atoms with E-state index in [1.54, 1.807) is 25.3 Å². The van der Waals surface area contributed by atoms with Crippen LogP contribution in [0.5, 0.6) is 5.75 Å². The summed E-state index contributed by atoms with van der Waals surface area (Å²) in [5.74, 6) is 0.526. The molecule has 0 unspecified atom stereocenters. The van der Waals surface area contributed by atoms with Crippen LogP contribution < -0.4 is 20.7 Å². The van der Waals surface area contributed by atoms with Crippen LogP contribution in [0.3, 0.4) is 0 Å². The predicted molar refractivity (Wildman–Crippen MR) is 101 cm³/mol. The Labute approximate surface area is 148 Å². The largest absolute Gasteiger partial charge is 0.494 e. The molecule has 1 aliphatic heterocycles. The van der Waals surface area contributed by atoms with E-state index in [9.17, 15) is 4.79 Å².